The molecule has 0 aromatic rings. The van der Waals surface area contributed by atoms with Gasteiger partial charge in [0.15, 0.2) is 5.78 Å². The first kappa shape index (κ1) is 8.88. The maximum Gasteiger partial charge on any atom is 0.152 e. The molecule has 0 aliphatic heterocycles. The summed E-state index contributed by atoms with van der Waals surface area (Å²) in [7, 11) is 0. The van der Waals surface area contributed by atoms with Crippen LogP contribution in [0.2, 0.25) is 0 Å². The van der Waals surface area contributed by atoms with E-state index in [0.717, 1.165) is 0 Å². The van der Waals surface area contributed by atoms with Crippen molar-refractivity contribution in [3.8, 4) is 0 Å². The van der Waals surface area contributed by atoms with E-state index in [2.05, 4.69) is 0 Å². The van der Waals surface area contributed by atoms with Crippen molar-refractivity contribution in [2.45, 2.75) is 38.7 Å². The third kappa shape index (κ3) is 0.937. The van der Waals surface area contributed by atoms with Gasteiger partial charge in [0, 0.05) is 6.42 Å². The zero-order valence-electron chi connectivity index (χ0n) is 7.96. The minimum absolute atomic E-state index is 0.0141. The van der Waals surface area contributed by atoms with E-state index in [1.54, 1.807) is 13.8 Å². The van der Waals surface area contributed by atoms with Gasteiger partial charge in [-0.15, -0.1) is 0 Å². The average molecular weight is 182 g/mol. The van der Waals surface area contributed by atoms with Crippen molar-refractivity contribution in [2.75, 3.05) is 0 Å². The second-order valence-electron chi connectivity index (χ2n) is 4.73. The molecule has 0 amide bonds. The topological polar surface area (TPSA) is 54.4 Å². The van der Waals surface area contributed by atoms with Crippen molar-refractivity contribution in [3.05, 3.63) is 0 Å². The molecule has 2 bridgehead atoms. The van der Waals surface area contributed by atoms with Gasteiger partial charge in [0.1, 0.15) is 5.78 Å². The fourth-order valence-electron chi connectivity index (χ4n) is 2.47. The summed E-state index contributed by atoms with van der Waals surface area (Å²) in [6.45, 7) is 3.38. The van der Waals surface area contributed by atoms with Gasteiger partial charge in [0.05, 0.1) is 16.9 Å². The van der Waals surface area contributed by atoms with Crippen LogP contribution in [-0.2, 0) is 9.59 Å². The second-order valence-corrected chi connectivity index (χ2v) is 4.73. The molecule has 0 saturated heterocycles. The molecule has 3 nitrogen and oxygen atoms in total. The van der Waals surface area contributed by atoms with Crippen LogP contribution in [0, 0.1) is 11.3 Å². The molecular formula is C10H14O3. The molecule has 2 rings (SSSR count). The van der Waals surface area contributed by atoms with E-state index >= 15 is 0 Å². The predicted octanol–water partition coefficient (Wildman–Crippen LogP) is 0.696. The lowest BCUT2D eigenvalue weighted by Gasteiger charge is -2.36. The van der Waals surface area contributed by atoms with Crippen molar-refractivity contribution in [1.29, 1.82) is 0 Å². The van der Waals surface area contributed by atoms with Gasteiger partial charge in [0.2, 0.25) is 0 Å². The number of Topliss-reactive ketones (excluding diaryl/α,β-unsaturated/α-hetero) is 2. The Balaban J connectivity index is 2.44. The molecular weight excluding hydrogens is 168 g/mol. The van der Waals surface area contributed by atoms with Crippen LogP contribution in [0.3, 0.4) is 0 Å². The quantitative estimate of drug-likeness (QED) is 0.561. The first-order chi connectivity index (χ1) is 5.88. The minimum Gasteiger partial charge on any atom is -0.389 e. The highest BCUT2D eigenvalue weighted by molar-refractivity contribution is 6.14. The molecule has 3 heteroatoms. The molecule has 2 saturated carbocycles. The van der Waals surface area contributed by atoms with Crippen LogP contribution in [0.4, 0.5) is 0 Å². The molecule has 72 valence electrons. The highest BCUT2D eigenvalue weighted by Gasteiger charge is 2.60. The maximum atomic E-state index is 11.8. The largest absolute Gasteiger partial charge is 0.389 e. The van der Waals surface area contributed by atoms with Gasteiger partial charge in [-0.1, -0.05) is 0 Å². The molecule has 0 spiro atoms. The Kier molecular flexibility index (Phi) is 1.51. The van der Waals surface area contributed by atoms with Gasteiger partial charge in [-0.25, -0.2) is 0 Å². The monoisotopic (exact) mass is 182 g/mol. The Morgan fingerprint density at radius 1 is 1.31 bits per heavy atom. The summed E-state index contributed by atoms with van der Waals surface area (Å²) in [5.41, 5.74) is -1.73. The summed E-state index contributed by atoms with van der Waals surface area (Å²) >= 11 is 0. The highest BCUT2D eigenvalue weighted by Crippen LogP contribution is 2.49. The maximum absolute atomic E-state index is 11.8. The van der Waals surface area contributed by atoms with Crippen molar-refractivity contribution >= 4 is 11.6 Å². The smallest absolute Gasteiger partial charge is 0.152 e. The first-order valence-electron chi connectivity index (χ1n) is 4.68. The van der Waals surface area contributed by atoms with E-state index in [0.29, 0.717) is 12.8 Å². The first-order valence-corrected chi connectivity index (χ1v) is 4.68. The third-order valence-corrected chi connectivity index (χ3v) is 3.75. The molecule has 13 heavy (non-hydrogen) atoms. The lowest BCUT2D eigenvalue weighted by molar-refractivity contribution is -0.144. The van der Waals surface area contributed by atoms with Crippen LogP contribution >= 0.6 is 0 Å². The van der Waals surface area contributed by atoms with E-state index in [-0.39, 0.29) is 18.0 Å². The lowest BCUT2D eigenvalue weighted by Crippen LogP contribution is -2.46. The second kappa shape index (κ2) is 2.21. The van der Waals surface area contributed by atoms with Gasteiger partial charge >= 0.3 is 0 Å². The van der Waals surface area contributed by atoms with Crippen molar-refractivity contribution in [1.82, 2.24) is 0 Å². The van der Waals surface area contributed by atoms with E-state index in [9.17, 15) is 14.7 Å². The molecule has 3 atom stereocenters. The summed E-state index contributed by atoms with van der Waals surface area (Å²) in [5, 5.41) is 9.89. The van der Waals surface area contributed by atoms with Crippen LogP contribution in [0.15, 0.2) is 0 Å². The van der Waals surface area contributed by atoms with Crippen LogP contribution in [0.25, 0.3) is 0 Å². The fraction of sp³-hybridized carbons (Fsp3) is 0.800. The predicted molar refractivity (Wildman–Crippen MR) is 46.1 cm³/mol. The van der Waals surface area contributed by atoms with E-state index in [1.807, 2.05) is 0 Å². The van der Waals surface area contributed by atoms with E-state index in [4.69, 9.17) is 0 Å². The zero-order chi connectivity index (χ0) is 9.85. The van der Waals surface area contributed by atoms with Gasteiger partial charge in [-0.05, 0) is 26.7 Å². The number of fused-ring (bicyclic) bond motifs is 2. The molecule has 1 N–H and O–H groups in total. The fourth-order valence-corrected chi connectivity index (χ4v) is 2.47. The Morgan fingerprint density at radius 3 is 2.46 bits per heavy atom. The van der Waals surface area contributed by atoms with Gasteiger partial charge in [-0.3, -0.25) is 9.59 Å². The number of carbonyl (C=O) groups is 2. The molecule has 0 heterocycles. The Morgan fingerprint density at radius 2 is 1.92 bits per heavy atom. The summed E-state index contributed by atoms with van der Waals surface area (Å²) < 4.78 is 0. The van der Waals surface area contributed by atoms with Crippen molar-refractivity contribution < 1.29 is 14.7 Å². The van der Waals surface area contributed by atoms with Crippen LogP contribution in [0.1, 0.15) is 33.1 Å². The normalized spacial score (nSPS) is 49.9. The van der Waals surface area contributed by atoms with Crippen LogP contribution in [-0.4, -0.2) is 22.3 Å². The lowest BCUT2D eigenvalue weighted by atomic mass is 9.69. The molecule has 2 aliphatic rings. The number of hydrogen-bond acceptors (Lipinski definition) is 3. The number of rotatable bonds is 0. The molecule has 2 aliphatic carbocycles. The van der Waals surface area contributed by atoms with Gasteiger partial charge < -0.3 is 5.11 Å². The average Bonchev–Trinajstić information content (AvgIpc) is 2.21. The van der Waals surface area contributed by atoms with E-state index < -0.39 is 16.9 Å². The number of hydrogen-bond donors (Lipinski definition) is 1. The number of aliphatic hydroxyl groups is 1. The summed E-state index contributed by atoms with van der Waals surface area (Å²) in [4.78, 5) is 23.3. The van der Waals surface area contributed by atoms with Gasteiger partial charge in [0.25, 0.3) is 0 Å². The Hall–Kier alpha value is -0.700. The molecule has 0 radical (unpaired) electrons. The van der Waals surface area contributed by atoms with Crippen LogP contribution < -0.4 is 0 Å². The zero-order valence-corrected chi connectivity index (χ0v) is 7.96. The summed E-state index contributed by atoms with van der Waals surface area (Å²) in [5.74, 6) is -0.479. The Bertz CT molecular complexity index is 293. The molecule has 2 fully saturated rings. The SMILES string of the molecule is CC12CCC(C)(O)C(CC1=O)C2=O. The van der Waals surface area contributed by atoms with Crippen molar-refractivity contribution in [2.24, 2.45) is 11.3 Å². The summed E-state index contributed by atoms with van der Waals surface area (Å²) in [6.07, 6.45) is 1.31. The third-order valence-electron chi connectivity index (χ3n) is 3.75. The molecule has 3 unspecified atom stereocenters. The van der Waals surface area contributed by atoms with Crippen molar-refractivity contribution in [3.63, 3.8) is 0 Å². The Labute approximate surface area is 77.1 Å². The van der Waals surface area contributed by atoms with Gasteiger partial charge in [-0.2, -0.15) is 0 Å². The molecule has 0 aromatic heterocycles. The highest BCUT2D eigenvalue weighted by atomic mass is 16.3. The minimum atomic E-state index is -0.956. The standard InChI is InChI=1S/C10H14O3/c1-9-3-4-10(2,13)6(8(9)12)5-7(9)11/h6,13H,3-5H2,1-2H3. The number of carbonyl (C=O) groups excluding carboxylic acids is 2. The van der Waals surface area contributed by atoms with E-state index in [1.165, 1.54) is 0 Å². The van der Waals surface area contributed by atoms with Crippen LogP contribution in [0.5, 0.6) is 0 Å². The number of ketones is 2. The molecule has 0 aromatic carbocycles. The summed E-state index contributed by atoms with van der Waals surface area (Å²) in [6, 6.07) is 0.